The van der Waals surface area contributed by atoms with Crippen molar-refractivity contribution in [1.29, 1.82) is 0 Å². The van der Waals surface area contributed by atoms with Crippen molar-refractivity contribution in [3.8, 4) is 0 Å². The number of piperidine rings is 1. The predicted molar refractivity (Wildman–Crippen MR) is 85.5 cm³/mol. The van der Waals surface area contributed by atoms with Crippen LogP contribution in [0, 0.1) is 6.92 Å². The van der Waals surface area contributed by atoms with Gasteiger partial charge in [-0.3, -0.25) is 13.9 Å². The van der Waals surface area contributed by atoms with Gasteiger partial charge in [-0.15, -0.1) is 0 Å². The molecule has 0 saturated carbocycles. The van der Waals surface area contributed by atoms with E-state index in [1.54, 1.807) is 9.13 Å². The van der Waals surface area contributed by atoms with Crippen LogP contribution >= 0.6 is 0 Å². The summed E-state index contributed by atoms with van der Waals surface area (Å²) in [6.45, 7) is 7.41. The fourth-order valence-electron chi connectivity index (χ4n) is 3.26. The molecule has 1 fully saturated rings. The Morgan fingerprint density at radius 1 is 1.23 bits per heavy atom. The Labute approximate surface area is 128 Å². The van der Waals surface area contributed by atoms with Gasteiger partial charge in [0.05, 0.1) is 0 Å². The summed E-state index contributed by atoms with van der Waals surface area (Å²) in [5, 5.41) is 3.27. The van der Waals surface area contributed by atoms with E-state index in [0.29, 0.717) is 11.2 Å². The van der Waals surface area contributed by atoms with Crippen LogP contribution in [0.4, 0.5) is 0 Å². The Balaban J connectivity index is 2.39. The zero-order valence-electron chi connectivity index (χ0n) is 13.6. The fourth-order valence-corrected chi connectivity index (χ4v) is 3.26. The fraction of sp³-hybridized carbons (Fsp3) is 0.667. The second kappa shape index (κ2) is 5.39. The average molecular weight is 305 g/mol. The largest absolute Gasteiger partial charge is 0.333 e. The Hall–Kier alpha value is -1.89. The maximum absolute atomic E-state index is 12.9. The first kappa shape index (κ1) is 15.0. The van der Waals surface area contributed by atoms with Crippen LogP contribution in [0.2, 0.25) is 0 Å². The zero-order valence-corrected chi connectivity index (χ0v) is 13.6. The van der Waals surface area contributed by atoms with Gasteiger partial charge in [0.15, 0.2) is 11.2 Å². The number of hydrogen-bond donors (Lipinski definition) is 1. The Morgan fingerprint density at radius 3 is 2.45 bits per heavy atom. The molecule has 0 bridgehead atoms. The number of nitrogens with one attached hydrogen (secondary N) is 1. The minimum atomic E-state index is -0.238. The molecule has 7 nitrogen and oxygen atoms in total. The minimum Gasteiger partial charge on any atom is -0.325 e. The first-order valence-corrected chi connectivity index (χ1v) is 7.84. The third-order valence-electron chi connectivity index (χ3n) is 4.55. The van der Waals surface area contributed by atoms with Crippen molar-refractivity contribution in [1.82, 2.24) is 24.0 Å². The monoisotopic (exact) mass is 305 g/mol. The van der Waals surface area contributed by atoms with Gasteiger partial charge in [0.1, 0.15) is 5.82 Å². The van der Waals surface area contributed by atoms with Crippen LogP contribution in [0.1, 0.15) is 44.6 Å². The minimum absolute atomic E-state index is 0.0362. The van der Waals surface area contributed by atoms with E-state index >= 15 is 0 Å². The normalized spacial score (nSPS) is 16.8. The standard InChI is InChI=1S/C15H23N5O2/c1-9(2)19-13-12(18(4)10(3)17-13)14(21)20(15(19)22)11-5-7-16-8-6-11/h9,11,16H,5-8H2,1-4H3. The summed E-state index contributed by atoms with van der Waals surface area (Å²) in [6, 6.07) is -0.0799. The molecule has 3 heterocycles. The lowest BCUT2D eigenvalue weighted by atomic mass is 10.1. The van der Waals surface area contributed by atoms with Crippen molar-refractivity contribution in [2.75, 3.05) is 13.1 Å². The second-order valence-corrected chi connectivity index (χ2v) is 6.29. The molecule has 7 heteroatoms. The molecule has 120 valence electrons. The highest BCUT2D eigenvalue weighted by molar-refractivity contribution is 5.71. The highest BCUT2D eigenvalue weighted by atomic mass is 16.2. The quantitative estimate of drug-likeness (QED) is 0.887. The third-order valence-corrected chi connectivity index (χ3v) is 4.55. The molecular formula is C15H23N5O2. The first-order valence-electron chi connectivity index (χ1n) is 7.84. The molecule has 0 amide bonds. The van der Waals surface area contributed by atoms with Gasteiger partial charge in [-0.1, -0.05) is 0 Å². The molecular weight excluding hydrogens is 282 g/mol. The molecule has 22 heavy (non-hydrogen) atoms. The molecule has 0 radical (unpaired) electrons. The summed E-state index contributed by atoms with van der Waals surface area (Å²) in [4.78, 5) is 30.3. The van der Waals surface area contributed by atoms with Crippen molar-refractivity contribution in [2.24, 2.45) is 7.05 Å². The van der Waals surface area contributed by atoms with E-state index in [0.717, 1.165) is 31.8 Å². The van der Waals surface area contributed by atoms with Crippen LogP contribution in [-0.2, 0) is 7.05 Å². The van der Waals surface area contributed by atoms with E-state index in [-0.39, 0.29) is 23.3 Å². The molecule has 1 N–H and O–H groups in total. The molecule has 1 saturated heterocycles. The smallest absolute Gasteiger partial charge is 0.325 e. The lowest BCUT2D eigenvalue weighted by Gasteiger charge is -2.25. The van der Waals surface area contributed by atoms with Gasteiger partial charge in [-0.2, -0.15) is 0 Å². The Kier molecular flexibility index (Phi) is 3.68. The summed E-state index contributed by atoms with van der Waals surface area (Å²) < 4.78 is 4.88. The van der Waals surface area contributed by atoms with Gasteiger partial charge < -0.3 is 9.88 Å². The molecule has 0 aliphatic carbocycles. The maximum atomic E-state index is 12.9. The van der Waals surface area contributed by atoms with Gasteiger partial charge in [0.2, 0.25) is 0 Å². The summed E-state index contributed by atoms with van der Waals surface area (Å²) in [5.41, 5.74) is 0.559. The van der Waals surface area contributed by atoms with Gasteiger partial charge in [-0.05, 0) is 46.7 Å². The van der Waals surface area contributed by atoms with E-state index in [2.05, 4.69) is 10.3 Å². The molecule has 3 rings (SSSR count). The number of imidazole rings is 1. The van der Waals surface area contributed by atoms with Crippen molar-refractivity contribution in [3.63, 3.8) is 0 Å². The highest BCUT2D eigenvalue weighted by Crippen LogP contribution is 2.18. The summed E-state index contributed by atoms with van der Waals surface area (Å²) in [5.74, 6) is 0.740. The number of nitrogens with zero attached hydrogens (tertiary/aromatic N) is 4. The van der Waals surface area contributed by atoms with Gasteiger partial charge in [0.25, 0.3) is 5.56 Å². The van der Waals surface area contributed by atoms with Crippen LogP contribution in [0.15, 0.2) is 9.59 Å². The van der Waals surface area contributed by atoms with Crippen molar-refractivity contribution in [3.05, 3.63) is 26.7 Å². The lowest BCUT2D eigenvalue weighted by molar-refractivity contribution is 0.341. The maximum Gasteiger partial charge on any atom is 0.333 e. The van der Waals surface area contributed by atoms with E-state index in [4.69, 9.17) is 0 Å². The molecule has 0 aromatic carbocycles. The average Bonchev–Trinajstić information content (AvgIpc) is 2.75. The lowest BCUT2D eigenvalue weighted by Crippen LogP contribution is -2.45. The molecule has 1 aliphatic rings. The van der Waals surface area contributed by atoms with Crippen molar-refractivity contribution >= 4 is 11.2 Å². The Bertz CT molecular complexity index is 821. The van der Waals surface area contributed by atoms with Crippen LogP contribution in [0.25, 0.3) is 11.2 Å². The molecule has 1 aliphatic heterocycles. The Morgan fingerprint density at radius 2 is 1.86 bits per heavy atom. The predicted octanol–water partition coefficient (Wildman–Crippen LogP) is 0.711. The van der Waals surface area contributed by atoms with Crippen molar-refractivity contribution < 1.29 is 0 Å². The summed E-state index contributed by atoms with van der Waals surface area (Å²) in [7, 11) is 1.83. The van der Waals surface area contributed by atoms with Crippen LogP contribution < -0.4 is 16.6 Å². The van der Waals surface area contributed by atoms with Gasteiger partial charge in [-0.25, -0.2) is 9.78 Å². The van der Waals surface area contributed by atoms with Gasteiger partial charge in [0, 0.05) is 19.1 Å². The SMILES string of the molecule is Cc1nc2c(c(=O)n(C3CCNCC3)c(=O)n2C(C)C)n1C. The summed E-state index contributed by atoms with van der Waals surface area (Å²) in [6.07, 6.45) is 1.60. The molecule has 0 unspecified atom stereocenters. The molecule has 2 aromatic rings. The molecule has 0 spiro atoms. The van der Waals surface area contributed by atoms with Crippen LogP contribution in [0.3, 0.4) is 0 Å². The van der Waals surface area contributed by atoms with Crippen LogP contribution in [-0.4, -0.2) is 31.8 Å². The van der Waals surface area contributed by atoms with E-state index < -0.39 is 0 Å². The summed E-state index contributed by atoms with van der Waals surface area (Å²) >= 11 is 0. The third kappa shape index (κ3) is 2.11. The van der Waals surface area contributed by atoms with Crippen molar-refractivity contribution in [2.45, 2.75) is 45.7 Å². The van der Waals surface area contributed by atoms with E-state index in [1.807, 2.05) is 27.8 Å². The molecule has 2 aromatic heterocycles. The van der Waals surface area contributed by atoms with E-state index in [9.17, 15) is 9.59 Å². The highest BCUT2D eigenvalue weighted by Gasteiger charge is 2.25. The number of rotatable bonds is 2. The zero-order chi connectivity index (χ0) is 16.0. The number of aryl methyl sites for hydroxylation is 2. The first-order chi connectivity index (χ1) is 10.4. The molecule has 0 atom stereocenters. The van der Waals surface area contributed by atoms with E-state index in [1.165, 1.54) is 4.57 Å². The second-order valence-electron chi connectivity index (χ2n) is 6.29. The number of fused-ring (bicyclic) bond motifs is 1. The van der Waals surface area contributed by atoms with Crippen LogP contribution in [0.5, 0.6) is 0 Å². The topological polar surface area (TPSA) is 73.8 Å². The van der Waals surface area contributed by atoms with Gasteiger partial charge >= 0.3 is 5.69 Å². The number of aromatic nitrogens is 4. The number of hydrogen-bond acceptors (Lipinski definition) is 4.